The summed E-state index contributed by atoms with van der Waals surface area (Å²) in [6.45, 7) is 3.76. The van der Waals surface area contributed by atoms with Gasteiger partial charge in [0.15, 0.2) is 0 Å². The van der Waals surface area contributed by atoms with E-state index in [4.69, 9.17) is 0 Å². The van der Waals surface area contributed by atoms with Crippen LogP contribution in [-0.2, 0) is 4.79 Å². The quantitative estimate of drug-likeness (QED) is 0.769. The summed E-state index contributed by atoms with van der Waals surface area (Å²) < 4.78 is 13.7. The van der Waals surface area contributed by atoms with Crippen molar-refractivity contribution in [3.8, 4) is 0 Å². The summed E-state index contributed by atoms with van der Waals surface area (Å²) in [5, 5.41) is 2.66. The fourth-order valence-corrected chi connectivity index (χ4v) is 3.90. The first kappa shape index (κ1) is 17.8. The molecule has 3 rings (SSSR count). The number of benzene rings is 2. The van der Waals surface area contributed by atoms with Crippen molar-refractivity contribution >= 4 is 29.0 Å². The molecule has 2 aromatic carbocycles. The lowest BCUT2D eigenvalue weighted by Crippen LogP contribution is -2.31. The molecule has 0 aromatic heterocycles. The number of nitrogens with one attached hydrogen (secondary N) is 1. The number of amides is 1. The van der Waals surface area contributed by atoms with Crippen molar-refractivity contribution in [2.24, 2.45) is 0 Å². The third-order valence-corrected chi connectivity index (χ3v) is 5.45. The molecule has 0 spiro atoms. The normalized spacial score (nSPS) is 15.7. The largest absolute Gasteiger partial charge is 0.370 e. The number of rotatable bonds is 5. The minimum atomic E-state index is -0.334. The smallest absolute Gasteiger partial charge is 0.237 e. The first-order valence-corrected chi connectivity index (χ1v) is 9.58. The minimum Gasteiger partial charge on any atom is -0.370 e. The minimum absolute atomic E-state index is 0.113. The molecule has 0 saturated carbocycles. The monoisotopic (exact) mass is 358 g/mol. The van der Waals surface area contributed by atoms with Gasteiger partial charge in [0.1, 0.15) is 5.82 Å². The van der Waals surface area contributed by atoms with Crippen molar-refractivity contribution in [2.75, 3.05) is 23.3 Å². The van der Waals surface area contributed by atoms with Crippen LogP contribution in [0.3, 0.4) is 0 Å². The summed E-state index contributed by atoms with van der Waals surface area (Å²) in [5.41, 5.74) is 1.47. The Morgan fingerprint density at radius 3 is 2.56 bits per heavy atom. The summed E-state index contributed by atoms with van der Waals surface area (Å²) in [6, 6.07) is 14.5. The summed E-state index contributed by atoms with van der Waals surface area (Å²) in [7, 11) is 0. The molecule has 1 aliphatic heterocycles. The van der Waals surface area contributed by atoms with Gasteiger partial charge in [0, 0.05) is 18.0 Å². The number of hydrogen-bond donors (Lipinski definition) is 1. The van der Waals surface area contributed by atoms with Crippen LogP contribution in [0, 0.1) is 5.82 Å². The van der Waals surface area contributed by atoms with E-state index in [1.807, 2.05) is 37.3 Å². The highest BCUT2D eigenvalue weighted by molar-refractivity contribution is 8.00. The van der Waals surface area contributed by atoms with Crippen LogP contribution in [-0.4, -0.2) is 24.2 Å². The molecule has 132 valence electrons. The second-order valence-electron chi connectivity index (χ2n) is 6.27. The highest BCUT2D eigenvalue weighted by Gasteiger charge is 2.19. The SMILES string of the molecule is CC(Sc1ccccc1)C(=O)Nc1cc(F)ccc1N1CCCCC1. The van der Waals surface area contributed by atoms with Crippen molar-refractivity contribution in [1.82, 2.24) is 0 Å². The fraction of sp³-hybridized carbons (Fsp3) is 0.350. The Labute approximate surface area is 152 Å². The van der Waals surface area contributed by atoms with E-state index in [-0.39, 0.29) is 17.0 Å². The van der Waals surface area contributed by atoms with Gasteiger partial charge in [-0.25, -0.2) is 4.39 Å². The van der Waals surface area contributed by atoms with Gasteiger partial charge in [-0.15, -0.1) is 11.8 Å². The van der Waals surface area contributed by atoms with E-state index < -0.39 is 0 Å². The van der Waals surface area contributed by atoms with Crippen LogP contribution in [0.1, 0.15) is 26.2 Å². The van der Waals surface area contributed by atoms with E-state index in [1.165, 1.54) is 30.3 Å². The van der Waals surface area contributed by atoms with Crippen LogP contribution in [0.5, 0.6) is 0 Å². The Kier molecular flexibility index (Phi) is 5.97. The lowest BCUT2D eigenvalue weighted by molar-refractivity contribution is -0.115. The van der Waals surface area contributed by atoms with Gasteiger partial charge in [0.2, 0.25) is 5.91 Å². The maximum atomic E-state index is 13.7. The predicted octanol–water partition coefficient (Wildman–Crippen LogP) is 4.94. The van der Waals surface area contributed by atoms with Crippen molar-refractivity contribution in [3.63, 3.8) is 0 Å². The molecule has 1 N–H and O–H groups in total. The Morgan fingerprint density at radius 2 is 1.84 bits per heavy atom. The average molecular weight is 358 g/mol. The summed E-state index contributed by atoms with van der Waals surface area (Å²) >= 11 is 1.50. The lowest BCUT2D eigenvalue weighted by Gasteiger charge is -2.30. The molecule has 0 aliphatic carbocycles. The van der Waals surface area contributed by atoms with E-state index in [0.29, 0.717) is 5.69 Å². The van der Waals surface area contributed by atoms with E-state index in [2.05, 4.69) is 10.2 Å². The predicted molar refractivity (Wildman–Crippen MR) is 103 cm³/mol. The molecule has 5 heteroatoms. The average Bonchev–Trinajstić information content (AvgIpc) is 2.63. The molecule has 1 aliphatic rings. The van der Waals surface area contributed by atoms with Gasteiger partial charge in [0.25, 0.3) is 0 Å². The molecule has 1 unspecified atom stereocenters. The molecule has 0 radical (unpaired) electrons. The Bertz CT molecular complexity index is 717. The molecule has 2 aromatic rings. The van der Waals surface area contributed by atoms with E-state index in [9.17, 15) is 9.18 Å². The van der Waals surface area contributed by atoms with Crippen LogP contribution >= 0.6 is 11.8 Å². The summed E-state index contributed by atoms with van der Waals surface area (Å²) in [4.78, 5) is 15.9. The van der Waals surface area contributed by atoms with Crippen molar-refractivity contribution < 1.29 is 9.18 Å². The molecular weight excluding hydrogens is 335 g/mol. The van der Waals surface area contributed by atoms with E-state index in [1.54, 1.807) is 6.07 Å². The molecule has 1 fully saturated rings. The number of anilines is 2. The zero-order chi connectivity index (χ0) is 17.6. The van der Waals surface area contributed by atoms with Crippen LogP contribution in [0.4, 0.5) is 15.8 Å². The second kappa shape index (κ2) is 8.39. The maximum Gasteiger partial charge on any atom is 0.237 e. The fourth-order valence-electron chi connectivity index (χ4n) is 3.01. The van der Waals surface area contributed by atoms with Gasteiger partial charge in [-0.3, -0.25) is 4.79 Å². The Hall–Kier alpha value is -2.01. The number of thioether (sulfide) groups is 1. The Morgan fingerprint density at radius 1 is 1.12 bits per heavy atom. The number of halogens is 1. The second-order valence-corrected chi connectivity index (χ2v) is 7.69. The molecule has 3 nitrogen and oxygen atoms in total. The molecule has 1 amide bonds. The zero-order valence-corrected chi connectivity index (χ0v) is 15.2. The molecule has 1 atom stereocenters. The van der Waals surface area contributed by atoms with Gasteiger partial charge in [0.05, 0.1) is 16.6 Å². The first-order valence-electron chi connectivity index (χ1n) is 8.70. The van der Waals surface area contributed by atoms with Gasteiger partial charge in [-0.1, -0.05) is 18.2 Å². The molecule has 1 saturated heterocycles. The van der Waals surface area contributed by atoms with Crippen LogP contribution in [0.15, 0.2) is 53.4 Å². The van der Waals surface area contributed by atoms with Crippen LogP contribution in [0.25, 0.3) is 0 Å². The maximum absolute atomic E-state index is 13.7. The number of nitrogens with zero attached hydrogens (tertiary/aromatic N) is 1. The highest BCUT2D eigenvalue weighted by atomic mass is 32.2. The highest BCUT2D eigenvalue weighted by Crippen LogP contribution is 2.31. The van der Waals surface area contributed by atoms with E-state index in [0.717, 1.165) is 36.5 Å². The number of hydrogen-bond acceptors (Lipinski definition) is 3. The van der Waals surface area contributed by atoms with Crippen molar-refractivity contribution in [1.29, 1.82) is 0 Å². The zero-order valence-electron chi connectivity index (χ0n) is 14.4. The molecule has 25 heavy (non-hydrogen) atoms. The molecule has 1 heterocycles. The van der Waals surface area contributed by atoms with Crippen LogP contribution < -0.4 is 10.2 Å². The standard InChI is InChI=1S/C20H23FN2OS/c1-15(25-17-8-4-2-5-9-17)20(24)22-18-14-16(21)10-11-19(18)23-12-6-3-7-13-23/h2,4-5,8-11,14-15H,3,6-7,12-13H2,1H3,(H,22,24). The first-order chi connectivity index (χ1) is 12.1. The summed E-state index contributed by atoms with van der Waals surface area (Å²) in [6.07, 6.45) is 3.49. The van der Waals surface area contributed by atoms with Gasteiger partial charge in [-0.2, -0.15) is 0 Å². The molecule has 0 bridgehead atoms. The topological polar surface area (TPSA) is 32.3 Å². The lowest BCUT2D eigenvalue weighted by atomic mass is 10.1. The van der Waals surface area contributed by atoms with E-state index >= 15 is 0 Å². The number of piperidine rings is 1. The number of carbonyl (C=O) groups is 1. The van der Waals surface area contributed by atoms with Gasteiger partial charge >= 0.3 is 0 Å². The van der Waals surface area contributed by atoms with Crippen LogP contribution in [0.2, 0.25) is 0 Å². The van der Waals surface area contributed by atoms with Gasteiger partial charge < -0.3 is 10.2 Å². The van der Waals surface area contributed by atoms with Crippen molar-refractivity contribution in [2.45, 2.75) is 36.3 Å². The number of carbonyl (C=O) groups excluding carboxylic acids is 1. The van der Waals surface area contributed by atoms with Gasteiger partial charge in [-0.05, 0) is 56.5 Å². The summed E-state index contributed by atoms with van der Waals surface area (Å²) in [5.74, 6) is -0.447. The third-order valence-electron chi connectivity index (χ3n) is 4.34. The third kappa shape index (κ3) is 4.75. The Balaban J connectivity index is 1.72. The molecular formula is C20H23FN2OS. The van der Waals surface area contributed by atoms with Crippen molar-refractivity contribution in [3.05, 3.63) is 54.3 Å².